The van der Waals surface area contributed by atoms with Crippen LogP contribution in [0.25, 0.3) is 21.8 Å². The van der Waals surface area contributed by atoms with Crippen molar-refractivity contribution < 1.29 is 22.7 Å². The maximum atomic E-state index is 13.4. The Morgan fingerprint density at radius 3 is 2.67 bits per heavy atom. The van der Waals surface area contributed by atoms with Gasteiger partial charge in [-0.2, -0.15) is 18.3 Å². The molecule has 3 aromatic heterocycles. The van der Waals surface area contributed by atoms with Gasteiger partial charge in [0.2, 0.25) is 0 Å². The van der Waals surface area contributed by atoms with E-state index in [2.05, 4.69) is 15.1 Å². The van der Waals surface area contributed by atoms with Crippen molar-refractivity contribution in [1.29, 1.82) is 0 Å². The van der Waals surface area contributed by atoms with Gasteiger partial charge >= 0.3 is 6.18 Å². The maximum absolute atomic E-state index is 13.4. The number of carbonyl (C=O) groups excluding carboxylic acids is 1. The van der Waals surface area contributed by atoms with Gasteiger partial charge in [-0.05, 0) is 23.8 Å². The van der Waals surface area contributed by atoms with Crippen molar-refractivity contribution in [2.45, 2.75) is 12.2 Å². The first-order chi connectivity index (χ1) is 15.7. The molecule has 1 aliphatic heterocycles. The molecule has 0 spiro atoms. The monoisotopic (exact) mass is 456 g/mol. The average Bonchev–Trinajstić information content (AvgIpc) is 3.20. The predicted octanol–water partition coefficient (Wildman–Crippen LogP) is 3.33. The SMILES string of the molecule is Cn1ncc2c(N)nc3cnc(C(=O)N4CCOC[C@@H]4c4ccc(C(F)(F)F)cc4)cc3c21. The lowest BCUT2D eigenvalue weighted by Crippen LogP contribution is -2.43. The number of alkyl halides is 3. The van der Waals surface area contributed by atoms with E-state index in [4.69, 9.17) is 10.5 Å². The van der Waals surface area contributed by atoms with Crippen LogP contribution < -0.4 is 5.73 Å². The number of pyridine rings is 2. The Hall–Kier alpha value is -3.73. The van der Waals surface area contributed by atoms with E-state index >= 15 is 0 Å². The number of halogens is 3. The smallest absolute Gasteiger partial charge is 0.383 e. The number of ether oxygens (including phenoxy) is 1. The Bertz CT molecular complexity index is 1370. The van der Waals surface area contributed by atoms with Crippen LogP contribution in [0.2, 0.25) is 0 Å². The van der Waals surface area contributed by atoms with Crippen molar-refractivity contribution in [1.82, 2.24) is 24.6 Å². The van der Waals surface area contributed by atoms with Crippen LogP contribution in [0.15, 0.2) is 42.7 Å². The van der Waals surface area contributed by atoms with Crippen molar-refractivity contribution >= 4 is 33.5 Å². The van der Waals surface area contributed by atoms with Gasteiger partial charge in [-0.25, -0.2) is 9.97 Å². The molecule has 5 rings (SSSR count). The summed E-state index contributed by atoms with van der Waals surface area (Å²) in [6, 6.07) is 5.89. The summed E-state index contributed by atoms with van der Waals surface area (Å²) in [7, 11) is 1.77. The molecule has 170 valence electrons. The van der Waals surface area contributed by atoms with Crippen LogP contribution in [-0.4, -0.2) is 50.3 Å². The van der Waals surface area contributed by atoms with E-state index in [1.807, 2.05) is 0 Å². The van der Waals surface area contributed by atoms with Gasteiger partial charge in [-0.3, -0.25) is 9.48 Å². The van der Waals surface area contributed by atoms with Gasteiger partial charge in [0, 0.05) is 19.0 Å². The Balaban J connectivity index is 1.52. The molecule has 1 saturated heterocycles. The number of hydrogen-bond donors (Lipinski definition) is 1. The number of anilines is 1. The lowest BCUT2D eigenvalue weighted by Gasteiger charge is -2.35. The highest BCUT2D eigenvalue weighted by atomic mass is 19.4. The van der Waals surface area contributed by atoms with Crippen LogP contribution in [0.1, 0.15) is 27.7 Å². The van der Waals surface area contributed by atoms with Crippen LogP contribution in [0.3, 0.4) is 0 Å². The van der Waals surface area contributed by atoms with E-state index in [9.17, 15) is 18.0 Å². The number of amides is 1. The van der Waals surface area contributed by atoms with Gasteiger partial charge < -0.3 is 15.4 Å². The molecule has 33 heavy (non-hydrogen) atoms. The molecule has 0 bridgehead atoms. The van der Waals surface area contributed by atoms with Crippen LogP contribution >= 0.6 is 0 Å². The van der Waals surface area contributed by atoms with Crippen LogP contribution in [0.5, 0.6) is 0 Å². The minimum absolute atomic E-state index is 0.175. The number of aromatic nitrogens is 4. The first-order valence-electron chi connectivity index (χ1n) is 10.2. The van der Waals surface area contributed by atoms with Crippen molar-refractivity contribution in [3.05, 3.63) is 59.5 Å². The second-order valence-corrected chi connectivity index (χ2v) is 7.82. The molecule has 4 heterocycles. The molecule has 2 N–H and O–H groups in total. The molecule has 0 saturated carbocycles. The summed E-state index contributed by atoms with van der Waals surface area (Å²) in [4.78, 5) is 23.7. The summed E-state index contributed by atoms with van der Waals surface area (Å²) in [5, 5.41) is 5.58. The minimum atomic E-state index is -4.43. The van der Waals surface area contributed by atoms with Crippen molar-refractivity contribution in [2.24, 2.45) is 7.05 Å². The van der Waals surface area contributed by atoms with Crippen LogP contribution in [0.4, 0.5) is 19.0 Å². The molecule has 4 aromatic rings. The zero-order valence-corrected chi connectivity index (χ0v) is 17.5. The number of fused-ring (bicyclic) bond motifs is 3. The number of nitrogens with two attached hydrogens (primary N) is 1. The third kappa shape index (κ3) is 3.63. The molecule has 0 radical (unpaired) electrons. The number of rotatable bonds is 2. The normalized spacial score (nSPS) is 17.1. The molecule has 11 heteroatoms. The van der Waals surface area contributed by atoms with Gasteiger partial charge in [0.1, 0.15) is 11.5 Å². The fraction of sp³-hybridized carbons (Fsp3) is 0.273. The van der Waals surface area contributed by atoms with Crippen molar-refractivity contribution in [3.8, 4) is 0 Å². The topological polar surface area (TPSA) is 99.2 Å². The molecular weight excluding hydrogens is 437 g/mol. The summed E-state index contributed by atoms with van der Waals surface area (Å²) in [5.41, 5.74) is 7.28. The quantitative estimate of drug-likeness (QED) is 0.497. The molecule has 1 aliphatic rings. The molecule has 8 nitrogen and oxygen atoms in total. The lowest BCUT2D eigenvalue weighted by atomic mass is 10.0. The highest BCUT2D eigenvalue weighted by molar-refractivity contribution is 6.09. The largest absolute Gasteiger partial charge is 0.416 e. The lowest BCUT2D eigenvalue weighted by molar-refractivity contribution is -0.137. The van der Waals surface area contributed by atoms with E-state index in [0.717, 1.165) is 17.6 Å². The summed E-state index contributed by atoms with van der Waals surface area (Å²) in [6.45, 7) is 0.778. The zero-order chi connectivity index (χ0) is 23.3. The fourth-order valence-electron chi connectivity index (χ4n) is 4.14. The Labute approximate surface area is 185 Å². The summed E-state index contributed by atoms with van der Waals surface area (Å²) in [6.07, 6.45) is -1.33. The highest BCUT2D eigenvalue weighted by Crippen LogP contribution is 2.33. The number of carbonyl (C=O) groups is 1. The second kappa shape index (κ2) is 7.69. The van der Waals surface area contributed by atoms with Gasteiger partial charge in [0.25, 0.3) is 5.91 Å². The number of benzene rings is 1. The summed E-state index contributed by atoms with van der Waals surface area (Å²) < 4.78 is 46.0. The zero-order valence-electron chi connectivity index (χ0n) is 17.5. The second-order valence-electron chi connectivity index (χ2n) is 7.82. The van der Waals surface area contributed by atoms with Crippen molar-refractivity contribution in [3.63, 3.8) is 0 Å². The Morgan fingerprint density at radius 1 is 1.18 bits per heavy atom. The van der Waals surface area contributed by atoms with E-state index in [-0.39, 0.29) is 24.8 Å². The number of aryl methyl sites for hydroxylation is 1. The highest BCUT2D eigenvalue weighted by Gasteiger charge is 2.33. The molecule has 0 unspecified atom stereocenters. The third-order valence-electron chi connectivity index (χ3n) is 5.82. The third-order valence-corrected chi connectivity index (χ3v) is 5.82. The molecule has 0 aliphatic carbocycles. The summed E-state index contributed by atoms with van der Waals surface area (Å²) >= 11 is 0. The molecular formula is C22H19F3N6O2. The number of morpholine rings is 1. The number of hydrogen-bond acceptors (Lipinski definition) is 6. The van der Waals surface area contributed by atoms with Gasteiger partial charge in [0.05, 0.1) is 53.6 Å². The maximum Gasteiger partial charge on any atom is 0.416 e. The number of nitrogen functional groups attached to an aromatic ring is 1. The standard InChI is InChI=1S/C22H19F3N6O2/c1-30-19-14-8-16(27-10-17(14)29-20(26)15(19)9-28-30)21(32)31-6-7-33-11-18(31)12-2-4-13(5-3-12)22(23,24)25/h2-5,8-10,18H,6-7,11H2,1H3,(H2,26,29)/t18-/m1/s1. The van der Waals surface area contributed by atoms with Gasteiger partial charge in [0.15, 0.2) is 0 Å². The minimum Gasteiger partial charge on any atom is -0.383 e. The predicted molar refractivity (Wildman–Crippen MR) is 114 cm³/mol. The number of nitrogens with zero attached hydrogens (tertiary/aromatic N) is 5. The van der Waals surface area contributed by atoms with E-state index in [1.54, 1.807) is 28.9 Å². The average molecular weight is 456 g/mol. The first kappa shape index (κ1) is 21.1. The van der Waals surface area contributed by atoms with Crippen molar-refractivity contribution in [2.75, 3.05) is 25.5 Å². The molecule has 1 amide bonds. The Morgan fingerprint density at radius 2 is 1.94 bits per heavy atom. The molecule has 1 fully saturated rings. The molecule has 1 aromatic carbocycles. The van der Waals surface area contributed by atoms with E-state index in [0.29, 0.717) is 34.3 Å². The first-order valence-corrected chi connectivity index (χ1v) is 10.2. The Kier molecular flexibility index (Phi) is 4.93. The van der Waals surface area contributed by atoms with Gasteiger partial charge in [-0.1, -0.05) is 12.1 Å². The van der Waals surface area contributed by atoms with Crippen LogP contribution in [-0.2, 0) is 18.0 Å². The fourth-order valence-corrected chi connectivity index (χ4v) is 4.14. The van der Waals surface area contributed by atoms with E-state index in [1.165, 1.54) is 18.3 Å². The van der Waals surface area contributed by atoms with Gasteiger partial charge in [-0.15, -0.1) is 0 Å². The van der Waals surface area contributed by atoms with E-state index < -0.39 is 17.8 Å². The summed E-state index contributed by atoms with van der Waals surface area (Å²) in [5.74, 6) is -0.0285. The van der Waals surface area contributed by atoms with Crippen LogP contribution in [0, 0.1) is 0 Å². The molecule has 1 atom stereocenters.